The zero-order valence-electron chi connectivity index (χ0n) is 18.0. The summed E-state index contributed by atoms with van der Waals surface area (Å²) in [6, 6.07) is 13.0. The van der Waals surface area contributed by atoms with Gasteiger partial charge in [0, 0.05) is 57.2 Å². The molecule has 0 atom stereocenters. The first kappa shape index (κ1) is 23.7. The third kappa shape index (κ3) is 7.65. The van der Waals surface area contributed by atoms with E-state index in [0.717, 1.165) is 61.2 Å². The minimum atomic E-state index is -0.230. The SMILES string of the molecule is Cc1cccc(F)c1.O=CNCCN1CCN(c2nc(Cc3ccc(F)cc3)ns2)CC1. The smallest absolute Gasteiger partial charge is 0.207 e. The Morgan fingerprint density at radius 3 is 2.44 bits per heavy atom. The molecule has 9 heteroatoms. The van der Waals surface area contributed by atoms with Crippen molar-refractivity contribution in [1.82, 2.24) is 19.6 Å². The maximum atomic E-state index is 12.9. The van der Waals surface area contributed by atoms with Gasteiger partial charge in [-0.25, -0.2) is 13.8 Å². The van der Waals surface area contributed by atoms with Gasteiger partial charge in [0.1, 0.15) is 17.5 Å². The molecule has 1 saturated heterocycles. The van der Waals surface area contributed by atoms with E-state index >= 15 is 0 Å². The number of carbonyl (C=O) groups excluding carboxylic acids is 1. The van der Waals surface area contributed by atoms with Crippen LogP contribution in [-0.2, 0) is 11.2 Å². The highest BCUT2D eigenvalue weighted by Gasteiger charge is 2.19. The van der Waals surface area contributed by atoms with Crippen molar-refractivity contribution in [1.29, 1.82) is 0 Å². The van der Waals surface area contributed by atoms with Crippen molar-refractivity contribution in [2.75, 3.05) is 44.2 Å². The highest BCUT2D eigenvalue weighted by molar-refractivity contribution is 7.09. The summed E-state index contributed by atoms with van der Waals surface area (Å²) in [7, 11) is 0. The van der Waals surface area contributed by atoms with Gasteiger partial charge in [0.15, 0.2) is 0 Å². The summed E-state index contributed by atoms with van der Waals surface area (Å²) in [6.07, 6.45) is 1.36. The van der Waals surface area contributed by atoms with Crippen LogP contribution in [0, 0.1) is 18.6 Å². The van der Waals surface area contributed by atoms with Crippen molar-refractivity contribution in [3.05, 3.63) is 77.1 Å². The third-order valence-corrected chi connectivity index (χ3v) is 5.83. The summed E-state index contributed by atoms with van der Waals surface area (Å²) < 4.78 is 29.5. The van der Waals surface area contributed by atoms with E-state index in [2.05, 4.69) is 24.5 Å². The molecule has 1 N–H and O–H groups in total. The van der Waals surface area contributed by atoms with Crippen LogP contribution in [0.4, 0.5) is 13.9 Å². The van der Waals surface area contributed by atoms with E-state index < -0.39 is 0 Å². The molecule has 0 radical (unpaired) electrons. The molecule has 0 spiro atoms. The molecule has 2 aromatic carbocycles. The molecule has 170 valence electrons. The predicted molar refractivity (Wildman–Crippen MR) is 123 cm³/mol. The van der Waals surface area contributed by atoms with Crippen molar-refractivity contribution >= 4 is 23.1 Å². The lowest BCUT2D eigenvalue weighted by molar-refractivity contribution is -0.109. The second-order valence-electron chi connectivity index (χ2n) is 7.50. The summed E-state index contributed by atoms with van der Waals surface area (Å²) in [5, 5.41) is 3.63. The molecule has 0 bridgehead atoms. The highest BCUT2D eigenvalue weighted by Crippen LogP contribution is 2.20. The van der Waals surface area contributed by atoms with Crippen molar-refractivity contribution < 1.29 is 13.6 Å². The fourth-order valence-corrected chi connectivity index (χ4v) is 4.02. The molecule has 1 aliphatic rings. The Labute approximate surface area is 191 Å². The van der Waals surface area contributed by atoms with Crippen molar-refractivity contribution in [2.45, 2.75) is 13.3 Å². The van der Waals surface area contributed by atoms with Gasteiger partial charge in [-0.15, -0.1) is 0 Å². The van der Waals surface area contributed by atoms with E-state index in [0.29, 0.717) is 13.0 Å². The van der Waals surface area contributed by atoms with E-state index in [-0.39, 0.29) is 11.6 Å². The quantitative estimate of drug-likeness (QED) is 0.434. The van der Waals surface area contributed by atoms with Gasteiger partial charge >= 0.3 is 0 Å². The minimum Gasteiger partial charge on any atom is -0.357 e. The molecule has 0 saturated carbocycles. The van der Waals surface area contributed by atoms with E-state index in [4.69, 9.17) is 0 Å². The van der Waals surface area contributed by atoms with Crippen molar-refractivity contribution in [2.24, 2.45) is 0 Å². The molecule has 6 nitrogen and oxygen atoms in total. The number of halogens is 2. The number of benzene rings is 2. The number of amides is 1. The molecular weight excluding hydrogens is 432 g/mol. The molecule has 0 unspecified atom stereocenters. The first-order valence-electron chi connectivity index (χ1n) is 10.5. The zero-order valence-corrected chi connectivity index (χ0v) is 18.8. The van der Waals surface area contributed by atoms with Gasteiger partial charge in [-0.05, 0) is 42.3 Å². The zero-order chi connectivity index (χ0) is 22.8. The number of aromatic nitrogens is 2. The van der Waals surface area contributed by atoms with Gasteiger partial charge in [-0.3, -0.25) is 9.69 Å². The topological polar surface area (TPSA) is 61.4 Å². The van der Waals surface area contributed by atoms with Crippen molar-refractivity contribution in [3.8, 4) is 0 Å². The van der Waals surface area contributed by atoms with Crippen LogP contribution in [0.15, 0.2) is 48.5 Å². The number of hydrogen-bond acceptors (Lipinski definition) is 6. The fraction of sp³-hybridized carbons (Fsp3) is 0.348. The maximum Gasteiger partial charge on any atom is 0.207 e. The number of anilines is 1. The summed E-state index contributed by atoms with van der Waals surface area (Å²) in [5.41, 5.74) is 1.97. The first-order valence-corrected chi connectivity index (χ1v) is 11.2. The second-order valence-corrected chi connectivity index (χ2v) is 8.23. The molecule has 0 aliphatic carbocycles. The molecule has 1 amide bonds. The number of carbonyl (C=O) groups is 1. The lowest BCUT2D eigenvalue weighted by atomic mass is 10.1. The predicted octanol–water partition coefficient (Wildman–Crippen LogP) is 3.27. The lowest BCUT2D eigenvalue weighted by Gasteiger charge is -2.34. The number of rotatable bonds is 7. The summed E-state index contributed by atoms with van der Waals surface area (Å²) in [4.78, 5) is 19.5. The van der Waals surface area contributed by atoms with Gasteiger partial charge in [0.05, 0.1) is 0 Å². The largest absolute Gasteiger partial charge is 0.357 e. The number of piperazine rings is 1. The Morgan fingerprint density at radius 2 is 1.81 bits per heavy atom. The van der Waals surface area contributed by atoms with Crippen LogP contribution in [-0.4, -0.2) is 59.9 Å². The molecule has 1 aromatic heterocycles. The Morgan fingerprint density at radius 1 is 1.06 bits per heavy atom. The second kappa shape index (κ2) is 12.2. The average molecular weight is 460 g/mol. The van der Waals surface area contributed by atoms with Crippen LogP contribution in [0.1, 0.15) is 17.0 Å². The molecule has 2 heterocycles. The van der Waals surface area contributed by atoms with E-state index in [1.807, 2.05) is 13.0 Å². The molecule has 3 aromatic rings. The van der Waals surface area contributed by atoms with Crippen molar-refractivity contribution in [3.63, 3.8) is 0 Å². The molecule has 1 fully saturated rings. The number of hydrogen-bond donors (Lipinski definition) is 1. The van der Waals surface area contributed by atoms with Crippen LogP contribution in [0.2, 0.25) is 0 Å². The van der Waals surface area contributed by atoms with Gasteiger partial charge in [0.25, 0.3) is 0 Å². The van der Waals surface area contributed by atoms with E-state index in [1.54, 1.807) is 18.2 Å². The van der Waals surface area contributed by atoms with E-state index in [9.17, 15) is 13.6 Å². The summed E-state index contributed by atoms with van der Waals surface area (Å²) in [5.74, 6) is 0.385. The highest BCUT2D eigenvalue weighted by atomic mass is 32.1. The van der Waals surface area contributed by atoms with Gasteiger partial charge in [-0.1, -0.05) is 24.3 Å². The Hall–Kier alpha value is -2.91. The standard InChI is InChI=1S/C16H20FN5OS.C7H7F/c17-14-3-1-13(2-4-14)11-15-19-16(24-20-15)22-9-7-21(8-10-22)6-5-18-12-23;1-6-3-2-4-7(8)5-6/h1-4,12H,5-11H2,(H,18,23);2-5H,1H3. The molecule has 4 rings (SSSR count). The Kier molecular flexibility index (Phi) is 9.06. The van der Waals surface area contributed by atoms with Crippen LogP contribution in [0.3, 0.4) is 0 Å². The lowest BCUT2D eigenvalue weighted by Crippen LogP contribution is -2.48. The monoisotopic (exact) mass is 459 g/mol. The number of aryl methyl sites for hydroxylation is 1. The van der Waals surface area contributed by atoms with E-state index in [1.165, 1.54) is 35.8 Å². The number of nitrogens with one attached hydrogen (secondary N) is 1. The van der Waals surface area contributed by atoms with Crippen LogP contribution >= 0.6 is 11.5 Å². The average Bonchev–Trinajstić information content (AvgIpc) is 3.25. The maximum absolute atomic E-state index is 12.9. The summed E-state index contributed by atoms with van der Waals surface area (Å²) in [6.45, 7) is 7.14. The van der Waals surface area contributed by atoms with Gasteiger partial charge in [-0.2, -0.15) is 4.37 Å². The molecular formula is C23H27F2N5OS. The van der Waals surface area contributed by atoms with Crippen LogP contribution in [0.5, 0.6) is 0 Å². The summed E-state index contributed by atoms with van der Waals surface area (Å²) >= 11 is 1.41. The Balaban J connectivity index is 0.000000305. The van der Waals surface area contributed by atoms with Crippen LogP contribution in [0.25, 0.3) is 0 Å². The fourth-order valence-electron chi connectivity index (χ4n) is 3.28. The van der Waals surface area contributed by atoms with Crippen LogP contribution < -0.4 is 10.2 Å². The first-order chi connectivity index (χ1) is 15.5. The minimum absolute atomic E-state index is 0.162. The number of nitrogens with zero attached hydrogens (tertiary/aromatic N) is 4. The normalized spacial score (nSPS) is 13.9. The Bertz CT molecular complexity index is 957. The molecule has 1 aliphatic heterocycles. The third-order valence-electron chi connectivity index (χ3n) is 5.01. The van der Waals surface area contributed by atoms with Gasteiger partial charge in [0.2, 0.25) is 11.5 Å². The molecule has 32 heavy (non-hydrogen) atoms. The van der Waals surface area contributed by atoms with Gasteiger partial charge < -0.3 is 10.2 Å².